The van der Waals surface area contributed by atoms with E-state index in [1.165, 1.54) is 18.1 Å². The molecule has 0 aliphatic heterocycles. The standard InChI is InChI=1S/C25H35N3O3/c1-16(2)13-19-7-9-20(10-8-19)25(17(3)4)26-15-24(30)28-22-14-21(27-18(5)29)11-12-23(22)31-6/h7-12,14,16-17,25-26H,13,15H2,1-6H3,(H,27,29)(H,28,30)/t25-/m1/s1. The van der Waals surface area contributed by atoms with Gasteiger partial charge in [-0.05, 0) is 47.6 Å². The smallest absolute Gasteiger partial charge is 0.238 e. The lowest BCUT2D eigenvalue weighted by Crippen LogP contribution is -2.33. The molecule has 3 N–H and O–H groups in total. The minimum atomic E-state index is -0.180. The Balaban J connectivity index is 2.04. The Hall–Kier alpha value is -2.86. The number of hydrogen-bond donors (Lipinski definition) is 3. The van der Waals surface area contributed by atoms with E-state index in [1.54, 1.807) is 25.3 Å². The third-order valence-corrected chi connectivity index (χ3v) is 4.93. The van der Waals surface area contributed by atoms with E-state index in [2.05, 4.69) is 67.9 Å². The summed E-state index contributed by atoms with van der Waals surface area (Å²) in [5.74, 6) is 1.11. The average molecular weight is 426 g/mol. The van der Waals surface area contributed by atoms with Crippen molar-refractivity contribution in [2.24, 2.45) is 11.8 Å². The van der Waals surface area contributed by atoms with Crippen molar-refractivity contribution < 1.29 is 14.3 Å². The van der Waals surface area contributed by atoms with Gasteiger partial charge in [0.25, 0.3) is 0 Å². The number of anilines is 2. The molecule has 0 radical (unpaired) electrons. The molecular formula is C25H35N3O3. The maximum absolute atomic E-state index is 12.6. The summed E-state index contributed by atoms with van der Waals surface area (Å²) in [6.45, 7) is 10.3. The molecule has 0 aromatic heterocycles. The lowest BCUT2D eigenvalue weighted by atomic mass is 9.93. The molecule has 168 valence electrons. The minimum Gasteiger partial charge on any atom is -0.495 e. The molecule has 0 spiro atoms. The highest BCUT2D eigenvalue weighted by molar-refractivity contribution is 5.95. The molecule has 1 atom stereocenters. The number of carbonyl (C=O) groups is 2. The highest BCUT2D eigenvalue weighted by Crippen LogP contribution is 2.28. The summed E-state index contributed by atoms with van der Waals surface area (Å²) in [6.07, 6.45) is 1.06. The number of nitrogens with one attached hydrogen (secondary N) is 3. The van der Waals surface area contributed by atoms with Crippen LogP contribution >= 0.6 is 0 Å². The van der Waals surface area contributed by atoms with E-state index in [1.807, 2.05) is 0 Å². The minimum absolute atomic E-state index is 0.0615. The fourth-order valence-electron chi connectivity index (χ4n) is 3.55. The van der Waals surface area contributed by atoms with Gasteiger partial charge in [0, 0.05) is 18.7 Å². The van der Waals surface area contributed by atoms with Crippen molar-refractivity contribution in [3.63, 3.8) is 0 Å². The molecule has 2 aromatic rings. The van der Waals surface area contributed by atoms with Crippen LogP contribution in [0.15, 0.2) is 42.5 Å². The van der Waals surface area contributed by atoms with Gasteiger partial charge in [0.05, 0.1) is 19.3 Å². The first-order chi connectivity index (χ1) is 14.7. The SMILES string of the molecule is COc1ccc(NC(C)=O)cc1NC(=O)CN[C@@H](c1ccc(CC(C)C)cc1)C(C)C. The van der Waals surface area contributed by atoms with E-state index in [4.69, 9.17) is 4.74 Å². The third-order valence-electron chi connectivity index (χ3n) is 4.93. The van der Waals surface area contributed by atoms with Gasteiger partial charge in [-0.15, -0.1) is 0 Å². The van der Waals surface area contributed by atoms with E-state index in [9.17, 15) is 9.59 Å². The summed E-state index contributed by atoms with van der Waals surface area (Å²) >= 11 is 0. The second-order valence-electron chi connectivity index (χ2n) is 8.59. The van der Waals surface area contributed by atoms with Crippen LogP contribution < -0.4 is 20.7 Å². The molecule has 0 unspecified atom stereocenters. The predicted molar refractivity (Wildman–Crippen MR) is 126 cm³/mol. The summed E-state index contributed by atoms with van der Waals surface area (Å²) in [5, 5.41) is 8.96. The largest absolute Gasteiger partial charge is 0.495 e. The van der Waals surface area contributed by atoms with Gasteiger partial charge in [-0.2, -0.15) is 0 Å². The Bertz CT molecular complexity index is 876. The first-order valence-electron chi connectivity index (χ1n) is 10.8. The van der Waals surface area contributed by atoms with Crippen LogP contribution in [0.3, 0.4) is 0 Å². The molecule has 0 saturated heterocycles. The van der Waals surface area contributed by atoms with Crippen molar-refractivity contribution in [1.82, 2.24) is 5.32 Å². The summed E-state index contributed by atoms with van der Waals surface area (Å²) in [4.78, 5) is 23.9. The van der Waals surface area contributed by atoms with E-state index in [-0.39, 0.29) is 24.4 Å². The topological polar surface area (TPSA) is 79.5 Å². The van der Waals surface area contributed by atoms with Crippen LogP contribution in [0.4, 0.5) is 11.4 Å². The molecule has 0 saturated carbocycles. The number of rotatable bonds is 10. The predicted octanol–water partition coefficient (Wildman–Crippen LogP) is 4.78. The van der Waals surface area contributed by atoms with Crippen LogP contribution in [0.25, 0.3) is 0 Å². The summed E-state index contributed by atoms with van der Waals surface area (Å²) in [7, 11) is 1.54. The number of amides is 2. The van der Waals surface area contributed by atoms with Crippen molar-refractivity contribution in [2.75, 3.05) is 24.3 Å². The zero-order valence-electron chi connectivity index (χ0n) is 19.4. The van der Waals surface area contributed by atoms with Crippen LogP contribution in [-0.2, 0) is 16.0 Å². The first kappa shape index (κ1) is 24.4. The highest BCUT2D eigenvalue weighted by Gasteiger charge is 2.17. The van der Waals surface area contributed by atoms with E-state index in [0.717, 1.165) is 6.42 Å². The second-order valence-corrected chi connectivity index (χ2v) is 8.59. The van der Waals surface area contributed by atoms with Gasteiger partial charge in [0.15, 0.2) is 0 Å². The van der Waals surface area contributed by atoms with Crippen molar-refractivity contribution in [3.8, 4) is 5.75 Å². The molecule has 2 rings (SSSR count). The Morgan fingerprint density at radius 2 is 1.65 bits per heavy atom. The van der Waals surface area contributed by atoms with Gasteiger partial charge in [0.2, 0.25) is 11.8 Å². The number of hydrogen-bond acceptors (Lipinski definition) is 4. The third kappa shape index (κ3) is 7.72. The lowest BCUT2D eigenvalue weighted by Gasteiger charge is -2.23. The molecule has 0 heterocycles. The Labute approximate surface area is 185 Å². The normalized spacial score (nSPS) is 12.0. The van der Waals surface area contributed by atoms with Gasteiger partial charge in [0.1, 0.15) is 5.75 Å². The Kier molecular flexibility index (Phi) is 9.06. The summed E-state index contributed by atoms with van der Waals surface area (Å²) < 4.78 is 5.33. The number of methoxy groups -OCH3 is 1. The molecule has 0 aliphatic carbocycles. The maximum Gasteiger partial charge on any atom is 0.238 e. The van der Waals surface area contributed by atoms with Gasteiger partial charge in [-0.3, -0.25) is 9.59 Å². The van der Waals surface area contributed by atoms with Gasteiger partial charge in [-0.25, -0.2) is 0 Å². The van der Waals surface area contributed by atoms with Gasteiger partial charge in [-0.1, -0.05) is 52.0 Å². The average Bonchev–Trinajstić information content (AvgIpc) is 2.68. The van der Waals surface area contributed by atoms with Crippen LogP contribution in [-0.4, -0.2) is 25.5 Å². The summed E-state index contributed by atoms with van der Waals surface area (Å²) in [5.41, 5.74) is 3.60. The molecule has 0 bridgehead atoms. The number of benzene rings is 2. The van der Waals surface area contributed by atoms with Crippen molar-refractivity contribution in [3.05, 3.63) is 53.6 Å². The number of carbonyl (C=O) groups excluding carboxylic acids is 2. The van der Waals surface area contributed by atoms with Crippen molar-refractivity contribution in [1.29, 1.82) is 0 Å². The van der Waals surface area contributed by atoms with Gasteiger partial charge < -0.3 is 20.7 Å². The van der Waals surface area contributed by atoms with Crippen LogP contribution in [0.1, 0.15) is 51.8 Å². The molecule has 6 heteroatoms. The zero-order chi connectivity index (χ0) is 23.0. The molecule has 0 fully saturated rings. The molecule has 0 aliphatic rings. The fourth-order valence-corrected chi connectivity index (χ4v) is 3.55. The quantitative estimate of drug-likeness (QED) is 0.512. The second kappa shape index (κ2) is 11.5. The van der Waals surface area contributed by atoms with E-state index in [0.29, 0.717) is 29.0 Å². The fraction of sp³-hybridized carbons (Fsp3) is 0.440. The van der Waals surface area contributed by atoms with E-state index < -0.39 is 0 Å². The zero-order valence-corrected chi connectivity index (χ0v) is 19.4. The monoisotopic (exact) mass is 425 g/mol. The molecule has 2 aromatic carbocycles. The molecule has 6 nitrogen and oxygen atoms in total. The van der Waals surface area contributed by atoms with Crippen LogP contribution in [0, 0.1) is 11.8 Å². The van der Waals surface area contributed by atoms with Crippen molar-refractivity contribution >= 4 is 23.2 Å². The van der Waals surface area contributed by atoms with Crippen LogP contribution in [0.5, 0.6) is 5.75 Å². The Morgan fingerprint density at radius 1 is 0.968 bits per heavy atom. The van der Waals surface area contributed by atoms with Gasteiger partial charge >= 0.3 is 0 Å². The molecular weight excluding hydrogens is 390 g/mol. The molecule has 2 amide bonds. The lowest BCUT2D eigenvalue weighted by molar-refractivity contribution is -0.116. The summed E-state index contributed by atoms with van der Waals surface area (Å²) in [6, 6.07) is 13.8. The molecule has 31 heavy (non-hydrogen) atoms. The number of ether oxygens (including phenoxy) is 1. The van der Waals surface area contributed by atoms with Crippen LogP contribution in [0.2, 0.25) is 0 Å². The maximum atomic E-state index is 12.6. The van der Waals surface area contributed by atoms with Crippen molar-refractivity contribution in [2.45, 2.75) is 47.1 Å². The van der Waals surface area contributed by atoms with E-state index >= 15 is 0 Å². The highest BCUT2D eigenvalue weighted by atomic mass is 16.5. The first-order valence-corrected chi connectivity index (χ1v) is 10.8. The Morgan fingerprint density at radius 3 is 2.19 bits per heavy atom.